The Balaban J connectivity index is 4.37. The summed E-state index contributed by atoms with van der Waals surface area (Å²) in [5, 5.41) is 0. The van der Waals surface area contributed by atoms with E-state index in [1.54, 1.807) is 0 Å². The molecule has 0 aliphatic heterocycles. The number of hydrogen-bond acceptors (Lipinski definition) is 0. The van der Waals surface area contributed by atoms with E-state index in [4.69, 9.17) is 0 Å². The van der Waals surface area contributed by atoms with Crippen molar-refractivity contribution in [3.05, 3.63) is 0 Å². The molecular weight excluding hydrogens is 312 g/mol. The number of hydrogen-bond donors (Lipinski definition) is 0. The highest BCUT2D eigenvalue weighted by molar-refractivity contribution is 4.86. The van der Waals surface area contributed by atoms with Crippen LogP contribution in [0.4, 0.5) is 0 Å². The van der Waals surface area contributed by atoms with Crippen LogP contribution in [0, 0.1) is 17.3 Å². The highest BCUT2D eigenvalue weighted by Crippen LogP contribution is 2.45. The molecule has 26 heavy (non-hydrogen) atoms. The van der Waals surface area contributed by atoms with Crippen LogP contribution in [0.15, 0.2) is 0 Å². The summed E-state index contributed by atoms with van der Waals surface area (Å²) < 4.78 is 0. The lowest BCUT2D eigenvalue weighted by molar-refractivity contribution is 0.0719. The Morgan fingerprint density at radius 2 is 1.00 bits per heavy atom. The van der Waals surface area contributed by atoms with Gasteiger partial charge in [-0.05, 0) is 23.7 Å². The van der Waals surface area contributed by atoms with Crippen molar-refractivity contribution in [1.29, 1.82) is 0 Å². The molecular formula is C26H54. The molecule has 0 nitrogen and oxygen atoms in total. The fourth-order valence-corrected chi connectivity index (χ4v) is 4.92. The van der Waals surface area contributed by atoms with Gasteiger partial charge in [0.2, 0.25) is 0 Å². The summed E-state index contributed by atoms with van der Waals surface area (Å²) in [6, 6.07) is 0. The van der Waals surface area contributed by atoms with E-state index in [2.05, 4.69) is 41.5 Å². The summed E-state index contributed by atoms with van der Waals surface area (Å²) in [5.74, 6) is 1.83. The Hall–Kier alpha value is 0. The molecule has 0 aliphatic rings. The second kappa shape index (κ2) is 17.1. The van der Waals surface area contributed by atoms with Crippen LogP contribution in [0.3, 0.4) is 0 Å². The van der Waals surface area contributed by atoms with E-state index in [0.717, 1.165) is 11.8 Å². The molecule has 0 aromatic carbocycles. The van der Waals surface area contributed by atoms with Crippen LogP contribution < -0.4 is 0 Å². The first-order chi connectivity index (χ1) is 12.6. The maximum atomic E-state index is 2.63. The Kier molecular flexibility index (Phi) is 17.1. The van der Waals surface area contributed by atoms with E-state index in [9.17, 15) is 0 Å². The fraction of sp³-hybridized carbons (Fsp3) is 1.00. The van der Waals surface area contributed by atoms with Gasteiger partial charge in [-0.2, -0.15) is 0 Å². The predicted octanol–water partition coefficient (Wildman–Crippen LogP) is 9.96. The minimum Gasteiger partial charge on any atom is -0.0654 e. The van der Waals surface area contributed by atoms with Crippen molar-refractivity contribution in [3.63, 3.8) is 0 Å². The molecule has 0 heterocycles. The maximum Gasteiger partial charge on any atom is -0.0274 e. The summed E-state index contributed by atoms with van der Waals surface area (Å²) in [4.78, 5) is 0. The lowest BCUT2D eigenvalue weighted by atomic mass is 9.62. The lowest BCUT2D eigenvalue weighted by Gasteiger charge is -2.43. The molecule has 0 radical (unpaired) electrons. The zero-order chi connectivity index (χ0) is 19.7. The van der Waals surface area contributed by atoms with Crippen molar-refractivity contribution < 1.29 is 0 Å². The first kappa shape index (κ1) is 26.0. The van der Waals surface area contributed by atoms with Crippen LogP contribution in [0.1, 0.15) is 151 Å². The molecule has 0 aliphatic carbocycles. The van der Waals surface area contributed by atoms with Crippen LogP contribution in [-0.4, -0.2) is 0 Å². The molecule has 3 unspecified atom stereocenters. The van der Waals surface area contributed by atoms with E-state index < -0.39 is 0 Å². The molecule has 0 aromatic heterocycles. The van der Waals surface area contributed by atoms with Gasteiger partial charge in [0.1, 0.15) is 0 Å². The molecule has 158 valence electrons. The van der Waals surface area contributed by atoms with Crippen molar-refractivity contribution in [1.82, 2.24) is 0 Å². The van der Waals surface area contributed by atoms with Crippen molar-refractivity contribution >= 4 is 0 Å². The first-order valence-electron chi connectivity index (χ1n) is 12.6. The van der Waals surface area contributed by atoms with Gasteiger partial charge in [-0.3, -0.25) is 0 Å². The zero-order valence-electron chi connectivity index (χ0n) is 19.7. The van der Waals surface area contributed by atoms with Gasteiger partial charge in [-0.15, -0.1) is 0 Å². The average Bonchev–Trinajstić information content (AvgIpc) is 2.65. The van der Waals surface area contributed by atoms with E-state index >= 15 is 0 Å². The molecule has 0 fully saturated rings. The third-order valence-corrected chi connectivity index (χ3v) is 7.35. The van der Waals surface area contributed by atoms with Crippen LogP contribution in [0.5, 0.6) is 0 Å². The van der Waals surface area contributed by atoms with Crippen molar-refractivity contribution in [2.75, 3.05) is 0 Å². The summed E-state index contributed by atoms with van der Waals surface area (Å²) in [5.41, 5.74) is 0.559. The zero-order valence-corrected chi connectivity index (χ0v) is 19.7. The average molecular weight is 367 g/mol. The fourth-order valence-electron chi connectivity index (χ4n) is 4.92. The molecule has 3 atom stereocenters. The summed E-state index contributed by atoms with van der Waals surface area (Å²) in [6.07, 6.45) is 24.4. The number of unbranched alkanes of at least 4 members (excludes halogenated alkanes) is 10. The minimum absolute atomic E-state index is 0.559. The van der Waals surface area contributed by atoms with E-state index in [0.29, 0.717) is 5.41 Å². The van der Waals surface area contributed by atoms with Crippen LogP contribution in [0.25, 0.3) is 0 Å². The standard InChI is InChI=1S/C26H54/c1-7-11-13-15-16-18-20-23-25(21-9-3)26(6,10-4)24(5)22-19-17-14-12-8-2/h24-25H,7-23H2,1-6H3. The Morgan fingerprint density at radius 3 is 1.46 bits per heavy atom. The minimum atomic E-state index is 0.559. The quantitative estimate of drug-likeness (QED) is 0.199. The third-order valence-electron chi connectivity index (χ3n) is 7.35. The Morgan fingerprint density at radius 1 is 0.538 bits per heavy atom. The molecule has 0 heteroatoms. The van der Waals surface area contributed by atoms with Crippen LogP contribution >= 0.6 is 0 Å². The largest absolute Gasteiger partial charge is 0.0654 e. The van der Waals surface area contributed by atoms with Crippen molar-refractivity contribution in [3.8, 4) is 0 Å². The Labute approximate surface area is 168 Å². The lowest BCUT2D eigenvalue weighted by Crippen LogP contribution is -2.34. The van der Waals surface area contributed by atoms with Crippen molar-refractivity contribution in [2.24, 2.45) is 17.3 Å². The van der Waals surface area contributed by atoms with E-state index in [-0.39, 0.29) is 0 Å². The second-order valence-corrected chi connectivity index (χ2v) is 9.36. The monoisotopic (exact) mass is 366 g/mol. The maximum absolute atomic E-state index is 2.63. The van der Waals surface area contributed by atoms with Gasteiger partial charge in [-0.25, -0.2) is 0 Å². The van der Waals surface area contributed by atoms with Gasteiger partial charge < -0.3 is 0 Å². The smallest absolute Gasteiger partial charge is 0.0274 e. The van der Waals surface area contributed by atoms with Crippen LogP contribution in [0.2, 0.25) is 0 Å². The molecule has 0 spiro atoms. The topological polar surface area (TPSA) is 0 Å². The van der Waals surface area contributed by atoms with Gasteiger partial charge in [0.25, 0.3) is 0 Å². The van der Waals surface area contributed by atoms with E-state index in [1.165, 1.54) is 109 Å². The molecule has 0 rings (SSSR count). The molecule has 0 N–H and O–H groups in total. The molecule has 0 amide bonds. The van der Waals surface area contributed by atoms with Crippen molar-refractivity contribution in [2.45, 2.75) is 151 Å². The van der Waals surface area contributed by atoms with E-state index in [1.807, 2.05) is 0 Å². The summed E-state index contributed by atoms with van der Waals surface area (Å²) in [6.45, 7) is 14.7. The van der Waals surface area contributed by atoms with Gasteiger partial charge in [0, 0.05) is 0 Å². The van der Waals surface area contributed by atoms with Gasteiger partial charge in [-0.1, -0.05) is 144 Å². The van der Waals surface area contributed by atoms with Gasteiger partial charge in [0.15, 0.2) is 0 Å². The first-order valence-corrected chi connectivity index (χ1v) is 12.6. The molecule has 0 aromatic rings. The molecule has 0 saturated heterocycles. The Bertz CT molecular complexity index is 282. The third kappa shape index (κ3) is 11.0. The molecule has 0 bridgehead atoms. The summed E-state index contributed by atoms with van der Waals surface area (Å²) in [7, 11) is 0. The van der Waals surface area contributed by atoms with Gasteiger partial charge >= 0.3 is 0 Å². The second-order valence-electron chi connectivity index (χ2n) is 9.36. The normalized spacial score (nSPS) is 16.4. The number of rotatable bonds is 19. The molecule has 0 saturated carbocycles. The van der Waals surface area contributed by atoms with Gasteiger partial charge in [0.05, 0.1) is 0 Å². The predicted molar refractivity (Wildman–Crippen MR) is 122 cm³/mol. The highest BCUT2D eigenvalue weighted by Gasteiger charge is 2.36. The SMILES string of the molecule is CCCCCCCCCC(CCC)C(C)(CC)C(C)CCCCCCC. The van der Waals surface area contributed by atoms with Crippen LogP contribution in [-0.2, 0) is 0 Å². The summed E-state index contributed by atoms with van der Waals surface area (Å²) >= 11 is 0. The highest BCUT2D eigenvalue weighted by atomic mass is 14.4.